The first-order valence-electron chi connectivity index (χ1n) is 8.92. The van der Waals surface area contributed by atoms with E-state index in [1.807, 2.05) is 0 Å². The van der Waals surface area contributed by atoms with Crippen molar-refractivity contribution in [3.05, 3.63) is 71.8 Å². The normalized spacial score (nSPS) is 10.5. The average Bonchev–Trinajstić information content (AvgIpc) is 3.15. The van der Waals surface area contributed by atoms with Gasteiger partial charge in [-0.15, -0.1) is 5.10 Å². The number of ether oxygens (including phenoxy) is 3. The molecule has 0 aliphatic heterocycles. The van der Waals surface area contributed by atoms with E-state index in [9.17, 15) is 14.0 Å². The number of halogens is 1. The van der Waals surface area contributed by atoms with Crippen LogP contribution in [-0.2, 0) is 20.9 Å². The highest BCUT2D eigenvalue weighted by Crippen LogP contribution is 2.15. The zero-order chi connectivity index (χ0) is 21.3. The van der Waals surface area contributed by atoms with Crippen LogP contribution in [0.3, 0.4) is 0 Å². The zero-order valence-electron chi connectivity index (χ0n) is 16.1. The standard InChI is InChI=1S/C20H19FN4O5/c1-28-19(27)17-23-20(22-16-9-5-8-15(21)12-16)24-25(17)13-29-10-11-30-18(26)14-6-3-2-4-7-14/h2-9,12H,10-11,13H2,1H3,(H,22,24). The summed E-state index contributed by atoms with van der Waals surface area (Å²) >= 11 is 0. The minimum Gasteiger partial charge on any atom is -0.463 e. The lowest BCUT2D eigenvalue weighted by molar-refractivity contribution is 0.0129. The van der Waals surface area contributed by atoms with Gasteiger partial charge in [0.2, 0.25) is 11.8 Å². The molecule has 0 aliphatic carbocycles. The lowest BCUT2D eigenvalue weighted by Crippen LogP contribution is -2.17. The molecule has 0 unspecified atom stereocenters. The maximum Gasteiger partial charge on any atom is 0.375 e. The molecule has 1 aromatic heterocycles. The quantitative estimate of drug-likeness (QED) is 0.421. The van der Waals surface area contributed by atoms with Crippen molar-refractivity contribution in [1.29, 1.82) is 0 Å². The SMILES string of the molecule is COC(=O)c1nc(Nc2cccc(F)c2)nn1COCCOC(=O)c1ccccc1. The zero-order valence-corrected chi connectivity index (χ0v) is 16.1. The van der Waals surface area contributed by atoms with Gasteiger partial charge in [-0.05, 0) is 30.3 Å². The van der Waals surface area contributed by atoms with Crippen LogP contribution < -0.4 is 5.32 Å². The van der Waals surface area contributed by atoms with Crippen LogP contribution in [0.1, 0.15) is 21.0 Å². The molecule has 1 N–H and O–H groups in total. The number of esters is 2. The van der Waals surface area contributed by atoms with E-state index in [-0.39, 0.29) is 31.7 Å². The van der Waals surface area contributed by atoms with E-state index < -0.39 is 17.8 Å². The number of nitrogens with one attached hydrogen (secondary N) is 1. The van der Waals surface area contributed by atoms with Crippen molar-refractivity contribution in [2.45, 2.75) is 6.73 Å². The van der Waals surface area contributed by atoms with E-state index in [1.54, 1.807) is 36.4 Å². The monoisotopic (exact) mass is 414 g/mol. The van der Waals surface area contributed by atoms with E-state index in [0.29, 0.717) is 11.3 Å². The van der Waals surface area contributed by atoms with Crippen molar-refractivity contribution in [2.24, 2.45) is 0 Å². The Morgan fingerprint density at radius 1 is 1.07 bits per heavy atom. The summed E-state index contributed by atoms with van der Waals surface area (Å²) in [5, 5.41) is 6.93. The number of methoxy groups -OCH3 is 1. The Balaban J connectivity index is 1.55. The molecule has 2 aromatic carbocycles. The summed E-state index contributed by atoms with van der Waals surface area (Å²) in [6, 6.07) is 14.3. The maximum absolute atomic E-state index is 13.3. The summed E-state index contributed by atoms with van der Waals surface area (Å²) in [6.07, 6.45) is 0. The molecule has 0 spiro atoms. The van der Waals surface area contributed by atoms with Gasteiger partial charge >= 0.3 is 11.9 Å². The van der Waals surface area contributed by atoms with Crippen LogP contribution in [-0.4, -0.2) is 47.0 Å². The molecule has 1 heterocycles. The van der Waals surface area contributed by atoms with Crippen molar-refractivity contribution in [3.63, 3.8) is 0 Å². The van der Waals surface area contributed by atoms with Crippen molar-refractivity contribution < 1.29 is 28.2 Å². The minimum absolute atomic E-state index is 0.0182. The fraction of sp³-hybridized carbons (Fsp3) is 0.200. The van der Waals surface area contributed by atoms with Gasteiger partial charge in [-0.1, -0.05) is 24.3 Å². The molecule has 0 radical (unpaired) electrons. The molecule has 0 saturated carbocycles. The highest BCUT2D eigenvalue weighted by molar-refractivity contribution is 5.89. The predicted molar refractivity (Wildman–Crippen MR) is 104 cm³/mol. The Morgan fingerprint density at radius 3 is 2.60 bits per heavy atom. The molecule has 0 atom stereocenters. The van der Waals surface area contributed by atoms with Crippen molar-refractivity contribution >= 4 is 23.6 Å². The van der Waals surface area contributed by atoms with Crippen LogP contribution in [0.2, 0.25) is 0 Å². The van der Waals surface area contributed by atoms with E-state index >= 15 is 0 Å². The number of carbonyl (C=O) groups is 2. The van der Waals surface area contributed by atoms with Crippen molar-refractivity contribution in [2.75, 3.05) is 25.6 Å². The highest BCUT2D eigenvalue weighted by Gasteiger charge is 2.18. The predicted octanol–water partition coefficient (Wildman–Crippen LogP) is 2.78. The second-order valence-electron chi connectivity index (χ2n) is 5.92. The Morgan fingerprint density at radius 2 is 1.87 bits per heavy atom. The second kappa shape index (κ2) is 10.1. The number of hydrogen-bond acceptors (Lipinski definition) is 8. The molecule has 3 rings (SSSR count). The van der Waals surface area contributed by atoms with E-state index in [2.05, 4.69) is 15.4 Å². The molecule has 0 saturated heterocycles. The largest absolute Gasteiger partial charge is 0.463 e. The summed E-state index contributed by atoms with van der Waals surface area (Å²) in [7, 11) is 1.21. The lowest BCUT2D eigenvalue weighted by atomic mass is 10.2. The fourth-order valence-corrected chi connectivity index (χ4v) is 2.42. The molecule has 9 nitrogen and oxygen atoms in total. The van der Waals surface area contributed by atoms with Gasteiger partial charge in [-0.3, -0.25) is 0 Å². The molecule has 10 heteroatoms. The third-order valence-electron chi connectivity index (χ3n) is 3.80. The Kier molecular flexibility index (Phi) is 7.06. The topological polar surface area (TPSA) is 105 Å². The van der Waals surface area contributed by atoms with Gasteiger partial charge in [0.15, 0.2) is 0 Å². The van der Waals surface area contributed by atoms with Crippen LogP contribution in [0.4, 0.5) is 16.0 Å². The van der Waals surface area contributed by atoms with Crippen LogP contribution in [0.15, 0.2) is 54.6 Å². The van der Waals surface area contributed by atoms with E-state index in [4.69, 9.17) is 14.2 Å². The van der Waals surface area contributed by atoms with Gasteiger partial charge in [-0.25, -0.2) is 18.7 Å². The van der Waals surface area contributed by atoms with Crippen LogP contribution in [0.25, 0.3) is 0 Å². The Labute approximate surface area is 171 Å². The first kappa shape index (κ1) is 20.9. The molecule has 0 amide bonds. The molecule has 3 aromatic rings. The third kappa shape index (κ3) is 5.61. The molecular formula is C20H19FN4O5. The van der Waals surface area contributed by atoms with Gasteiger partial charge in [0.1, 0.15) is 19.2 Å². The number of nitrogens with zero attached hydrogens (tertiary/aromatic N) is 3. The lowest BCUT2D eigenvalue weighted by Gasteiger charge is -2.07. The summed E-state index contributed by atoms with van der Waals surface area (Å²) < 4.78 is 29.7. The number of hydrogen-bond donors (Lipinski definition) is 1. The fourth-order valence-electron chi connectivity index (χ4n) is 2.42. The summed E-state index contributed by atoms with van der Waals surface area (Å²) in [5.74, 6) is -1.63. The maximum atomic E-state index is 13.3. The van der Waals surface area contributed by atoms with Crippen molar-refractivity contribution in [3.8, 4) is 0 Å². The average molecular weight is 414 g/mol. The molecule has 0 fully saturated rings. The summed E-state index contributed by atoms with van der Waals surface area (Å²) in [6.45, 7) is -0.0404. The van der Waals surface area contributed by atoms with Gasteiger partial charge < -0.3 is 19.5 Å². The van der Waals surface area contributed by atoms with Crippen molar-refractivity contribution in [1.82, 2.24) is 14.8 Å². The first-order valence-corrected chi connectivity index (χ1v) is 8.92. The van der Waals surface area contributed by atoms with Gasteiger partial charge in [0.05, 0.1) is 19.3 Å². The highest BCUT2D eigenvalue weighted by atomic mass is 19.1. The number of benzene rings is 2. The van der Waals surface area contributed by atoms with Crippen LogP contribution in [0, 0.1) is 5.82 Å². The van der Waals surface area contributed by atoms with Gasteiger partial charge in [0.25, 0.3) is 0 Å². The third-order valence-corrected chi connectivity index (χ3v) is 3.80. The smallest absolute Gasteiger partial charge is 0.375 e. The molecule has 156 valence electrons. The number of aromatic nitrogens is 3. The van der Waals surface area contributed by atoms with Crippen LogP contribution >= 0.6 is 0 Å². The molecular weight excluding hydrogens is 395 g/mol. The molecule has 0 bridgehead atoms. The molecule has 0 aliphatic rings. The number of carbonyl (C=O) groups excluding carboxylic acids is 2. The number of anilines is 2. The second-order valence-corrected chi connectivity index (χ2v) is 5.92. The number of rotatable bonds is 9. The minimum atomic E-state index is -0.714. The summed E-state index contributed by atoms with van der Waals surface area (Å²) in [4.78, 5) is 27.8. The molecule has 30 heavy (non-hydrogen) atoms. The summed E-state index contributed by atoms with van der Waals surface area (Å²) in [5.41, 5.74) is 0.854. The Bertz CT molecular complexity index is 1010. The van der Waals surface area contributed by atoms with Crippen LogP contribution in [0.5, 0.6) is 0 Å². The van der Waals surface area contributed by atoms with E-state index in [0.717, 1.165) is 0 Å². The first-order chi connectivity index (χ1) is 14.6. The van der Waals surface area contributed by atoms with Gasteiger partial charge in [0, 0.05) is 5.69 Å². The Hall–Kier alpha value is -3.79. The van der Waals surface area contributed by atoms with Gasteiger partial charge in [-0.2, -0.15) is 4.98 Å². The van der Waals surface area contributed by atoms with E-state index in [1.165, 1.54) is 30.0 Å².